The summed E-state index contributed by atoms with van der Waals surface area (Å²) in [5.74, 6) is -0.198. The fourth-order valence-electron chi connectivity index (χ4n) is 2.26. The van der Waals surface area contributed by atoms with Gasteiger partial charge in [0, 0.05) is 19.5 Å². The Labute approximate surface area is 120 Å². The van der Waals surface area contributed by atoms with Crippen LogP contribution >= 0.6 is 0 Å². The molecule has 0 aliphatic carbocycles. The maximum absolute atomic E-state index is 13.5. The van der Waals surface area contributed by atoms with E-state index in [0.29, 0.717) is 12.8 Å². The van der Waals surface area contributed by atoms with Gasteiger partial charge in [0.15, 0.2) is 0 Å². The number of nitriles is 1. The number of carbonyl (C=O) groups excluding carboxylic acids is 1. The van der Waals surface area contributed by atoms with Gasteiger partial charge in [-0.05, 0) is 38.2 Å². The number of allylic oxidation sites excluding steroid dienone is 4. The maximum atomic E-state index is 13.5. The standard InChI is InChI=1S/C16H23FN2O/c1-2-14(13-18)15(17)9-5-3-7-11-19-12-8-4-6-10-16(19)20/h5,9H,2-4,6-8,10-12H2,1H3/b9-5-,15-14-. The highest BCUT2D eigenvalue weighted by Crippen LogP contribution is 2.13. The zero-order valence-corrected chi connectivity index (χ0v) is 12.2. The molecule has 1 saturated heterocycles. The molecule has 1 aliphatic heterocycles. The highest BCUT2D eigenvalue weighted by molar-refractivity contribution is 5.76. The van der Waals surface area contributed by atoms with E-state index in [2.05, 4.69) is 0 Å². The molecule has 1 amide bonds. The average molecular weight is 278 g/mol. The van der Waals surface area contributed by atoms with E-state index >= 15 is 0 Å². The van der Waals surface area contributed by atoms with Gasteiger partial charge >= 0.3 is 0 Å². The van der Waals surface area contributed by atoms with Crippen molar-refractivity contribution >= 4 is 5.91 Å². The first kappa shape index (κ1) is 16.4. The van der Waals surface area contributed by atoms with Crippen molar-refractivity contribution in [3.8, 4) is 6.07 Å². The number of rotatable bonds is 6. The van der Waals surface area contributed by atoms with Crippen molar-refractivity contribution in [3.63, 3.8) is 0 Å². The monoisotopic (exact) mass is 278 g/mol. The van der Waals surface area contributed by atoms with Gasteiger partial charge in [-0.25, -0.2) is 4.39 Å². The second-order valence-electron chi connectivity index (χ2n) is 5.03. The van der Waals surface area contributed by atoms with Crippen LogP contribution in [0.5, 0.6) is 0 Å². The van der Waals surface area contributed by atoms with E-state index in [-0.39, 0.29) is 11.5 Å². The minimum absolute atomic E-state index is 0.184. The van der Waals surface area contributed by atoms with Gasteiger partial charge in [0.2, 0.25) is 5.91 Å². The Kier molecular flexibility index (Phi) is 7.64. The number of unbranched alkanes of at least 4 members (excludes halogenated alkanes) is 1. The Morgan fingerprint density at radius 1 is 1.45 bits per heavy atom. The molecule has 4 heteroatoms. The fraction of sp³-hybridized carbons (Fsp3) is 0.625. The SMILES string of the molecule is CC/C(C#N)=C(F)\C=C/CCCN1CCCCCC1=O. The summed E-state index contributed by atoms with van der Waals surface area (Å²) in [6.07, 6.45) is 8.95. The van der Waals surface area contributed by atoms with Crippen molar-refractivity contribution in [2.45, 2.75) is 51.9 Å². The third kappa shape index (κ3) is 5.56. The summed E-state index contributed by atoms with van der Waals surface area (Å²) in [6.45, 7) is 3.36. The second kappa shape index (κ2) is 9.30. The van der Waals surface area contributed by atoms with E-state index in [1.165, 1.54) is 6.08 Å². The van der Waals surface area contributed by atoms with Crippen molar-refractivity contribution in [2.75, 3.05) is 13.1 Å². The fourth-order valence-corrected chi connectivity index (χ4v) is 2.26. The van der Waals surface area contributed by atoms with Gasteiger partial charge in [-0.2, -0.15) is 5.26 Å². The molecule has 0 aromatic carbocycles. The summed E-state index contributed by atoms with van der Waals surface area (Å²) in [4.78, 5) is 13.7. The predicted octanol–water partition coefficient (Wildman–Crippen LogP) is 3.88. The molecule has 0 aromatic heterocycles. The van der Waals surface area contributed by atoms with Gasteiger partial charge in [-0.1, -0.05) is 19.4 Å². The van der Waals surface area contributed by atoms with Crippen LogP contribution in [0.3, 0.4) is 0 Å². The molecule has 1 aliphatic rings. The van der Waals surface area contributed by atoms with E-state index in [1.807, 2.05) is 11.0 Å². The molecular formula is C16H23FN2O. The van der Waals surface area contributed by atoms with E-state index in [0.717, 1.165) is 45.2 Å². The molecule has 0 N–H and O–H groups in total. The molecule has 0 unspecified atom stereocenters. The third-order valence-corrected chi connectivity index (χ3v) is 3.51. The minimum Gasteiger partial charge on any atom is -0.343 e. The van der Waals surface area contributed by atoms with Gasteiger partial charge in [0.25, 0.3) is 0 Å². The third-order valence-electron chi connectivity index (χ3n) is 3.51. The predicted molar refractivity (Wildman–Crippen MR) is 77.5 cm³/mol. The minimum atomic E-state index is -0.444. The number of hydrogen-bond acceptors (Lipinski definition) is 2. The smallest absolute Gasteiger partial charge is 0.222 e. The van der Waals surface area contributed by atoms with Crippen LogP contribution < -0.4 is 0 Å². The Bertz CT molecular complexity index is 421. The molecule has 1 heterocycles. The molecule has 1 rings (SSSR count). The number of halogens is 1. The molecule has 110 valence electrons. The molecule has 0 saturated carbocycles. The molecule has 0 bridgehead atoms. The zero-order chi connectivity index (χ0) is 14.8. The largest absolute Gasteiger partial charge is 0.343 e. The number of likely N-dealkylation sites (tertiary alicyclic amines) is 1. The van der Waals surface area contributed by atoms with Crippen LogP contribution in [0.4, 0.5) is 4.39 Å². The average Bonchev–Trinajstić information content (AvgIpc) is 2.65. The van der Waals surface area contributed by atoms with Crippen molar-refractivity contribution < 1.29 is 9.18 Å². The molecule has 0 atom stereocenters. The Morgan fingerprint density at radius 2 is 2.25 bits per heavy atom. The number of carbonyl (C=O) groups is 1. The van der Waals surface area contributed by atoms with Crippen LogP contribution in [0.15, 0.2) is 23.6 Å². The molecule has 0 aromatic rings. The number of amides is 1. The van der Waals surface area contributed by atoms with Crippen LogP contribution in [0, 0.1) is 11.3 Å². The molecule has 1 fully saturated rings. The lowest BCUT2D eigenvalue weighted by Crippen LogP contribution is -2.31. The number of nitrogens with zero attached hydrogens (tertiary/aromatic N) is 2. The Morgan fingerprint density at radius 3 is 2.95 bits per heavy atom. The van der Waals surface area contributed by atoms with Crippen molar-refractivity contribution in [1.82, 2.24) is 4.90 Å². The lowest BCUT2D eigenvalue weighted by molar-refractivity contribution is -0.130. The van der Waals surface area contributed by atoms with Crippen molar-refractivity contribution in [3.05, 3.63) is 23.6 Å². The molecule has 0 radical (unpaired) electrons. The Hall–Kier alpha value is -1.63. The maximum Gasteiger partial charge on any atom is 0.222 e. The molecule has 0 spiro atoms. The summed E-state index contributed by atoms with van der Waals surface area (Å²) in [6, 6.07) is 1.86. The van der Waals surface area contributed by atoms with E-state index in [9.17, 15) is 9.18 Å². The summed E-state index contributed by atoms with van der Waals surface area (Å²) in [5.41, 5.74) is 0.184. The lowest BCUT2D eigenvalue weighted by atomic mass is 10.2. The van der Waals surface area contributed by atoms with Gasteiger partial charge in [0.05, 0.1) is 11.6 Å². The van der Waals surface area contributed by atoms with Gasteiger partial charge in [0.1, 0.15) is 5.83 Å². The van der Waals surface area contributed by atoms with Crippen LogP contribution in [0.2, 0.25) is 0 Å². The molecular weight excluding hydrogens is 255 g/mol. The first-order valence-corrected chi connectivity index (χ1v) is 7.42. The van der Waals surface area contributed by atoms with Gasteiger partial charge in [-0.15, -0.1) is 0 Å². The first-order valence-electron chi connectivity index (χ1n) is 7.42. The van der Waals surface area contributed by atoms with Crippen LogP contribution in [-0.2, 0) is 4.79 Å². The Balaban J connectivity index is 2.32. The summed E-state index contributed by atoms with van der Waals surface area (Å²) >= 11 is 0. The van der Waals surface area contributed by atoms with Crippen LogP contribution in [0.1, 0.15) is 51.9 Å². The summed E-state index contributed by atoms with van der Waals surface area (Å²) in [7, 11) is 0. The highest BCUT2D eigenvalue weighted by Gasteiger charge is 2.15. The lowest BCUT2D eigenvalue weighted by Gasteiger charge is -2.19. The van der Waals surface area contributed by atoms with E-state index < -0.39 is 5.83 Å². The number of hydrogen-bond donors (Lipinski definition) is 0. The summed E-state index contributed by atoms with van der Waals surface area (Å²) in [5, 5.41) is 8.70. The van der Waals surface area contributed by atoms with E-state index in [4.69, 9.17) is 5.26 Å². The second-order valence-corrected chi connectivity index (χ2v) is 5.03. The van der Waals surface area contributed by atoms with Crippen LogP contribution in [0.25, 0.3) is 0 Å². The normalized spacial score (nSPS) is 17.9. The van der Waals surface area contributed by atoms with Gasteiger partial charge < -0.3 is 4.90 Å². The van der Waals surface area contributed by atoms with Crippen LogP contribution in [-0.4, -0.2) is 23.9 Å². The quantitative estimate of drug-likeness (QED) is 0.420. The molecule has 20 heavy (non-hydrogen) atoms. The van der Waals surface area contributed by atoms with Gasteiger partial charge in [-0.3, -0.25) is 4.79 Å². The topological polar surface area (TPSA) is 44.1 Å². The van der Waals surface area contributed by atoms with E-state index in [1.54, 1.807) is 13.0 Å². The van der Waals surface area contributed by atoms with Crippen molar-refractivity contribution in [1.29, 1.82) is 5.26 Å². The zero-order valence-electron chi connectivity index (χ0n) is 12.2. The highest BCUT2D eigenvalue weighted by atomic mass is 19.1. The van der Waals surface area contributed by atoms with Crippen molar-refractivity contribution in [2.24, 2.45) is 0 Å². The first-order chi connectivity index (χ1) is 9.69. The summed E-state index contributed by atoms with van der Waals surface area (Å²) < 4.78 is 13.5. The molecule has 3 nitrogen and oxygen atoms in total.